The van der Waals surface area contributed by atoms with Crippen LogP contribution in [0.25, 0.3) is 0 Å². The molecule has 0 aromatic heterocycles. The van der Waals surface area contributed by atoms with Crippen LogP contribution in [0.1, 0.15) is 53.4 Å². The van der Waals surface area contributed by atoms with Gasteiger partial charge >= 0.3 is 0 Å². The Morgan fingerprint density at radius 1 is 1.11 bits per heavy atom. The van der Waals surface area contributed by atoms with Crippen molar-refractivity contribution < 1.29 is 14.6 Å². The minimum Gasteiger partial charge on any atom is -0.511 e. The summed E-state index contributed by atoms with van der Waals surface area (Å²) in [5, 5.41) is 12.3. The van der Waals surface area contributed by atoms with Crippen molar-refractivity contribution in [2.75, 3.05) is 25.2 Å². The molecule has 27 heavy (non-hydrogen) atoms. The van der Waals surface area contributed by atoms with E-state index in [9.17, 15) is 9.90 Å². The molecule has 5 heteroatoms. The summed E-state index contributed by atoms with van der Waals surface area (Å²) in [6.45, 7) is 12.1. The van der Waals surface area contributed by atoms with E-state index >= 15 is 0 Å². The second-order valence-electron chi connectivity index (χ2n) is 7.04. The highest BCUT2D eigenvalue weighted by Crippen LogP contribution is 2.13. The highest BCUT2D eigenvalue weighted by atomic mass is 32.2. The number of carbonyl (C=O) groups excluding carboxylic acids is 1. The Labute approximate surface area is 169 Å². The molecular formula is C22H37NO3S. The summed E-state index contributed by atoms with van der Waals surface area (Å²) < 4.78 is 4.78. The van der Waals surface area contributed by atoms with E-state index in [1.54, 1.807) is 11.8 Å². The van der Waals surface area contributed by atoms with Crippen LogP contribution in [-0.2, 0) is 9.53 Å². The van der Waals surface area contributed by atoms with Crippen LogP contribution in [0.4, 0.5) is 0 Å². The van der Waals surface area contributed by atoms with Crippen molar-refractivity contribution in [3.63, 3.8) is 0 Å². The Morgan fingerprint density at radius 3 is 2.26 bits per heavy atom. The summed E-state index contributed by atoms with van der Waals surface area (Å²) in [5.41, 5.74) is 4.19. The molecule has 0 aliphatic rings. The molecule has 0 saturated heterocycles. The summed E-state index contributed by atoms with van der Waals surface area (Å²) in [7, 11) is 1.46. The molecular weight excluding hydrogens is 358 g/mol. The maximum atomic E-state index is 11.6. The van der Waals surface area contributed by atoms with Crippen LogP contribution in [0.3, 0.4) is 0 Å². The van der Waals surface area contributed by atoms with Gasteiger partial charge in [0, 0.05) is 18.6 Å². The van der Waals surface area contributed by atoms with Crippen molar-refractivity contribution in [1.29, 1.82) is 0 Å². The third-order valence-electron chi connectivity index (χ3n) is 3.97. The van der Waals surface area contributed by atoms with Crippen LogP contribution in [0.2, 0.25) is 0 Å². The third kappa shape index (κ3) is 15.3. The summed E-state index contributed by atoms with van der Waals surface area (Å²) in [5.74, 6) is 1.15. The van der Waals surface area contributed by atoms with Gasteiger partial charge in [-0.15, -0.1) is 0 Å². The fraction of sp³-hybridized carbons (Fsp3) is 0.591. The first-order valence-corrected chi connectivity index (χ1v) is 10.6. The van der Waals surface area contributed by atoms with Gasteiger partial charge in [0.1, 0.15) is 12.4 Å². The Hall–Kier alpha value is -1.46. The summed E-state index contributed by atoms with van der Waals surface area (Å²) in [4.78, 5) is 11.6. The topological polar surface area (TPSA) is 58.6 Å². The molecule has 0 bridgehead atoms. The molecule has 0 aliphatic heterocycles. The van der Waals surface area contributed by atoms with Crippen LogP contribution >= 0.6 is 11.8 Å². The maximum absolute atomic E-state index is 11.6. The van der Waals surface area contributed by atoms with Crippen molar-refractivity contribution >= 4 is 17.7 Å². The second-order valence-corrected chi connectivity index (χ2v) is 8.12. The number of nitrogens with one attached hydrogen (secondary N) is 1. The van der Waals surface area contributed by atoms with Gasteiger partial charge in [0.15, 0.2) is 0 Å². The lowest BCUT2D eigenvalue weighted by atomic mass is 10.1. The number of methoxy groups -OCH3 is 1. The molecule has 0 saturated carbocycles. The molecule has 154 valence electrons. The van der Waals surface area contributed by atoms with E-state index < -0.39 is 6.04 Å². The fourth-order valence-corrected chi connectivity index (χ4v) is 3.36. The molecule has 1 unspecified atom stereocenters. The van der Waals surface area contributed by atoms with Crippen molar-refractivity contribution in [2.45, 2.75) is 59.4 Å². The van der Waals surface area contributed by atoms with E-state index in [4.69, 9.17) is 4.74 Å². The van der Waals surface area contributed by atoms with Crippen LogP contribution in [0, 0.1) is 0 Å². The molecule has 0 aliphatic carbocycles. The Balaban J connectivity index is 4.14. The van der Waals surface area contributed by atoms with E-state index in [0.29, 0.717) is 5.75 Å². The molecule has 0 heterocycles. The van der Waals surface area contributed by atoms with Gasteiger partial charge in [-0.1, -0.05) is 41.5 Å². The van der Waals surface area contributed by atoms with Gasteiger partial charge in [0.2, 0.25) is 5.91 Å². The minimum atomic E-state index is -0.447. The number of aliphatic hydroxyl groups is 1. The summed E-state index contributed by atoms with van der Waals surface area (Å²) in [6, 6.07) is -0.447. The lowest BCUT2D eigenvalue weighted by Gasteiger charge is -2.16. The zero-order valence-corrected chi connectivity index (χ0v) is 18.5. The zero-order chi connectivity index (χ0) is 20.7. The largest absolute Gasteiger partial charge is 0.511 e. The smallest absolute Gasteiger partial charge is 0.246 e. The van der Waals surface area contributed by atoms with Crippen LogP contribution in [-0.4, -0.2) is 42.3 Å². The SMILES string of the molecule is C=C(O)C(CSC/C=C(\C)CC/C=C(\C)CCC=C(C)C)NC(=O)COC. The van der Waals surface area contributed by atoms with E-state index in [1.165, 1.54) is 23.8 Å². The van der Waals surface area contributed by atoms with Crippen molar-refractivity contribution in [2.24, 2.45) is 0 Å². The average molecular weight is 396 g/mol. The average Bonchev–Trinajstić information content (AvgIpc) is 2.57. The molecule has 0 rings (SSSR count). The van der Waals surface area contributed by atoms with Gasteiger partial charge in [-0.2, -0.15) is 11.8 Å². The minimum absolute atomic E-state index is 0.0191. The van der Waals surface area contributed by atoms with Gasteiger partial charge in [0.05, 0.1) is 6.04 Å². The van der Waals surface area contributed by atoms with E-state index in [1.807, 2.05) is 0 Å². The van der Waals surface area contributed by atoms with Crippen LogP contribution < -0.4 is 5.32 Å². The number of carbonyl (C=O) groups is 1. The van der Waals surface area contributed by atoms with Crippen molar-refractivity contribution in [3.8, 4) is 0 Å². The third-order valence-corrected chi connectivity index (χ3v) is 4.94. The first-order valence-electron chi connectivity index (χ1n) is 9.44. The fourth-order valence-electron chi connectivity index (χ4n) is 2.31. The molecule has 4 nitrogen and oxygen atoms in total. The molecule has 2 N–H and O–H groups in total. The summed E-state index contributed by atoms with van der Waals surface area (Å²) >= 11 is 1.66. The van der Waals surface area contributed by atoms with Gasteiger partial charge in [-0.05, 0) is 53.4 Å². The molecule has 1 amide bonds. The first-order chi connectivity index (χ1) is 12.8. The lowest BCUT2D eigenvalue weighted by Crippen LogP contribution is -2.39. The number of amides is 1. The van der Waals surface area contributed by atoms with Gasteiger partial charge in [0.25, 0.3) is 0 Å². The maximum Gasteiger partial charge on any atom is 0.246 e. The quantitative estimate of drug-likeness (QED) is 0.237. The number of rotatable bonds is 14. The van der Waals surface area contributed by atoms with Gasteiger partial charge in [-0.3, -0.25) is 4.79 Å². The first kappa shape index (κ1) is 25.5. The predicted octanol–water partition coefficient (Wildman–Crippen LogP) is 5.34. The van der Waals surface area contributed by atoms with Crippen LogP contribution in [0.5, 0.6) is 0 Å². The molecule has 0 aromatic carbocycles. The second kappa shape index (κ2) is 15.6. The normalized spacial score (nSPS) is 13.2. The number of allylic oxidation sites excluding steroid dienone is 5. The van der Waals surface area contributed by atoms with E-state index in [-0.39, 0.29) is 18.3 Å². The highest BCUT2D eigenvalue weighted by molar-refractivity contribution is 7.99. The van der Waals surface area contributed by atoms with E-state index in [0.717, 1.165) is 31.4 Å². The van der Waals surface area contributed by atoms with Gasteiger partial charge < -0.3 is 15.2 Å². The van der Waals surface area contributed by atoms with Gasteiger partial charge in [-0.25, -0.2) is 0 Å². The molecule has 0 radical (unpaired) electrons. The van der Waals surface area contributed by atoms with E-state index in [2.05, 4.69) is 57.8 Å². The highest BCUT2D eigenvalue weighted by Gasteiger charge is 2.14. The number of thioether (sulfide) groups is 1. The summed E-state index contributed by atoms with van der Waals surface area (Å²) in [6.07, 6.45) is 11.2. The zero-order valence-electron chi connectivity index (χ0n) is 17.6. The Bertz CT molecular complexity index is 546. The molecule has 0 fully saturated rings. The standard InChI is InChI=1S/C22H37NO3S/c1-17(2)9-7-10-18(3)11-8-12-19(4)13-14-27-16-21(20(5)24)23-22(25)15-26-6/h9,11,13,21,24H,5,7-8,10,12,14-16H2,1-4,6H3,(H,23,25)/b18-11+,19-13+. The predicted molar refractivity (Wildman–Crippen MR) is 118 cm³/mol. The Morgan fingerprint density at radius 2 is 1.70 bits per heavy atom. The molecule has 0 spiro atoms. The number of hydrogen-bond acceptors (Lipinski definition) is 4. The van der Waals surface area contributed by atoms with Crippen LogP contribution in [0.15, 0.2) is 47.3 Å². The molecule has 1 atom stereocenters. The number of hydrogen-bond donors (Lipinski definition) is 2. The lowest BCUT2D eigenvalue weighted by molar-refractivity contribution is -0.125. The monoisotopic (exact) mass is 395 g/mol. The number of ether oxygens (including phenoxy) is 1. The van der Waals surface area contributed by atoms with Crippen molar-refractivity contribution in [3.05, 3.63) is 47.3 Å². The molecule has 0 aromatic rings. The Kier molecular flexibility index (Phi) is 14.7. The van der Waals surface area contributed by atoms with Crippen molar-refractivity contribution in [1.82, 2.24) is 5.32 Å². The number of aliphatic hydroxyl groups excluding tert-OH is 1.